The number of aliphatic hydroxyl groups is 1. The number of nitrogens with two attached hydrogens (primary N) is 1. The van der Waals surface area contributed by atoms with E-state index >= 15 is 0 Å². The van der Waals surface area contributed by atoms with Crippen LogP contribution in [0.15, 0.2) is 24.3 Å². The number of benzene rings is 1. The molecule has 0 aliphatic carbocycles. The van der Waals surface area contributed by atoms with Gasteiger partial charge in [-0.05, 0) is 24.6 Å². The number of aromatic hydroxyl groups is 1. The second-order valence-electron chi connectivity index (χ2n) is 3.14. The van der Waals surface area contributed by atoms with Gasteiger partial charge in [0.05, 0.1) is 0 Å². The highest BCUT2D eigenvalue weighted by Gasteiger charge is 2.23. The van der Waals surface area contributed by atoms with E-state index in [-0.39, 0.29) is 12.4 Å². The molecule has 13 heavy (non-hydrogen) atoms. The van der Waals surface area contributed by atoms with Gasteiger partial charge in [0, 0.05) is 0 Å². The number of phenolic OH excluding ortho intramolecular Hbond substituents is 1. The fraction of sp³-hybridized carbons (Fsp3) is 0.333. The second kappa shape index (κ2) is 3.74. The molecule has 1 unspecified atom stereocenters. The molecule has 0 radical (unpaired) electrons. The van der Waals surface area contributed by atoms with Gasteiger partial charge in [0.15, 0.2) is 0 Å². The molecular formula is C9H13NO3. The molecule has 72 valence electrons. The number of phenols is 1. The van der Waals surface area contributed by atoms with Crippen LogP contribution in [-0.4, -0.2) is 16.8 Å². The molecule has 1 aromatic carbocycles. The van der Waals surface area contributed by atoms with Gasteiger partial charge in [-0.1, -0.05) is 12.1 Å². The zero-order valence-electron chi connectivity index (χ0n) is 7.40. The normalized spacial score (nSPS) is 15.3. The average Bonchev–Trinajstić information content (AvgIpc) is 2.04. The highest BCUT2D eigenvalue weighted by molar-refractivity contribution is 5.30. The average molecular weight is 183 g/mol. The third-order valence-electron chi connectivity index (χ3n) is 1.83. The van der Waals surface area contributed by atoms with Gasteiger partial charge in [-0.25, -0.2) is 5.90 Å². The number of hydrogen-bond acceptors (Lipinski definition) is 4. The van der Waals surface area contributed by atoms with Gasteiger partial charge in [-0.2, -0.15) is 0 Å². The van der Waals surface area contributed by atoms with Crippen LogP contribution in [0.1, 0.15) is 12.5 Å². The van der Waals surface area contributed by atoms with Gasteiger partial charge in [0.2, 0.25) is 0 Å². The fourth-order valence-electron chi connectivity index (χ4n) is 1.09. The summed E-state index contributed by atoms with van der Waals surface area (Å²) in [5.74, 6) is 4.97. The Morgan fingerprint density at radius 2 is 2.23 bits per heavy atom. The van der Waals surface area contributed by atoms with Crippen molar-refractivity contribution in [3.8, 4) is 5.75 Å². The van der Waals surface area contributed by atoms with Crippen LogP contribution < -0.4 is 5.90 Å². The Hall–Kier alpha value is -1.10. The van der Waals surface area contributed by atoms with Crippen molar-refractivity contribution in [2.24, 2.45) is 5.90 Å². The predicted molar refractivity (Wildman–Crippen MR) is 47.8 cm³/mol. The zero-order valence-corrected chi connectivity index (χ0v) is 7.40. The second-order valence-corrected chi connectivity index (χ2v) is 3.14. The van der Waals surface area contributed by atoms with Crippen molar-refractivity contribution in [3.05, 3.63) is 29.8 Å². The van der Waals surface area contributed by atoms with Gasteiger partial charge in [0.1, 0.15) is 18.0 Å². The summed E-state index contributed by atoms with van der Waals surface area (Å²) < 4.78 is 0. The maximum atomic E-state index is 9.79. The Morgan fingerprint density at radius 1 is 1.54 bits per heavy atom. The van der Waals surface area contributed by atoms with Crippen LogP contribution in [0.5, 0.6) is 5.75 Å². The van der Waals surface area contributed by atoms with Gasteiger partial charge < -0.3 is 15.1 Å². The largest absolute Gasteiger partial charge is 0.508 e. The van der Waals surface area contributed by atoms with E-state index < -0.39 is 5.60 Å². The van der Waals surface area contributed by atoms with Crippen LogP contribution in [0, 0.1) is 0 Å². The van der Waals surface area contributed by atoms with Crippen molar-refractivity contribution in [2.75, 3.05) is 6.61 Å². The summed E-state index contributed by atoms with van der Waals surface area (Å²) in [6.45, 7) is 1.55. The minimum Gasteiger partial charge on any atom is -0.508 e. The predicted octanol–water partition coefficient (Wildman–Crippen LogP) is 0.490. The fourth-order valence-corrected chi connectivity index (χ4v) is 1.09. The van der Waals surface area contributed by atoms with E-state index in [9.17, 15) is 5.11 Å². The van der Waals surface area contributed by atoms with E-state index in [1.54, 1.807) is 19.1 Å². The molecule has 4 heteroatoms. The lowest BCUT2D eigenvalue weighted by Gasteiger charge is -2.22. The molecule has 1 aromatic rings. The van der Waals surface area contributed by atoms with Crippen molar-refractivity contribution >= 4 is 0 Å². The molecule has 0 aliphatic heterocycles. The first-order chi connectivity index (χ1) is 6.06. The Labute approximate surface area is 76.5 Å². The molecule has 0 aromatic heterocycles. The quantitative estimate of drug-likeness (QED) is 0.596. The van der Waals surface area contributed by atoms with Crippen molar-refractivity contribution in [2.45, 2.75) is 12.5 Å². The molecule has 0 amide bonds. The molecule has 1 atom stereocenters. The van der Waals surface area contributed by atoms with Crippen LogP contribution >= 0.6 is 0 Å². The van der Waals surface area contributed by atoms with Gasteiger partial charge >= 0.3 is 0 Å². The topological polar surface area (TPSA) is 75.7 Å². The van der Waals surface area contributed by atoms with E-state index in [0.717, 1.165) is 0 Å². The van der Waals surface area contributed by atoms with Crippen LogP contribution in [0.3, 0.4) is 0 Å². The van der Waals surface area contributed by atoms with E-state index in [0.29, 0.717) is 5.56 Å². The summed E-state index contributed by atoms with van der Waals surface area (Å²) in [7, 11) is 0. The van der Waals surface area contributed by atoms with Gasteiger partial charge in [-0.15, -0.1) is 0 Å². The Kier molecular flexibility index (Phi) is 2.87. The lowest BCUT2D eigenvalue weighted by molar-refractivity contribution is -0.0388. The first-order valence-corrected chi connectivity index (χ1v) is 3.90. The maximum Gasteiger partial charge on any atom is 0.115 e. The summed E-state index contributed by atoms with van der Waals surface area (Å²) in [6.07, 6.45) is 0. The van der Waals surface area contributed by atoms with Crippen LogP contribution in [0.2, 0.25) is 0 Å². The lowest BCUT2D eigenvalue weighted by atomic mass is 9.97. The SMILES string of the molecule is CC(O)(CON)c1cccc(O)c1. The van der Waals surface area contributed by atoms with Crippen molar-refractivity contribution in [1.29, 1.82) is 0 Å². The van der Waals surface area contributed by atoms with Crippen LogP contribution in [-0.2, 0) is 10.4 Å². The third-order valence-corrected chi connectivity index (χ3v) is 1.83. The first-order valence-electron chi connectivity index (χ1n) is 3.90. The molecule has 0 bridgehead atoms. The minimum atomic E-state index is -1.17. The standard InChI is InChI=1S/C9H13NO3/c1-9(12,6-13-10)7-3-2-4-8(11)5-7/h2-5,11-12H,6,10H2,1H3. The first kappa shape index (κ1) is 9.98. The van der Waals surface area contributed by atoms with Crippen molar-refractivity contribution in [3.63, 3.8) is 0 Å². The highest BCUT2D eigenvalue weighted by Crippen LogP contribution is 2.23. The summed E-state index contributed by atoms with van der Waals surface area (Å²) in [5, 5.41) is 19.0. The molecule has 4 N–H and O–H groups in total. The molecule has 0 saturated heterocycles. The van der Waals surface area contributed by atoms with Crippen LogP contribution in [0.25, 0.3) is 0 Å². The summed E-state index contributed by atoms with van der Waals surface area (Å²) >= 11 is 0. The number of hydrogen-bond donors (Lipinski definition) is 3. The van der Waals surface area contributed by atoms with Crippen molar-refractivity contribution in [1.82, 2.24) is 0 Å². The van der Waals surface area contributed by atoms with Crippen molar-refractivity contribution < 1.29 is 15.1 Å². The monoisotopic (exact) mass is 183 g/mol. The van der Waals surface area contributed by atoms with Crippen LogP contribution in [0.4, 0.5) is 0 Å². The Bertz CT molecular complexity index is 286. The van der Waals surface area contributed by atoms with E-state index in [1.165, 1.54) is 12.1 Å². The smallest absolute Gasteiger partial charge is 0.115 e. The molecule has 0 aliphatic rings. The molecule has 0 fully saturated rings. The minimum absolute atomic E-state index is 0.0174. The molecule has 0 saturated carbocycles. The lowest BCUT2D eigenvalue weighted by Crippen LogP contribution is -2.29. The highest BCUT2D eigenvalue weighted by atomic mass is 16.6. The number of rotatable bonds is 3. The Balaban J connectivity index is 2.93. The summed E-state index contributed by atoms with van der Waals surface area (Å²) in [5.41, 5.74) is -0.606. The Morgan fingerprint density at radius 3 is 2.77 bits per heavy atom. The summed E-state index contributed by atoms with van der Waals surface area (Å²) in [6, 6.07) is 6.34. The van der Waals surface area contributed by atoms with E-state index in [4.69, 9.17) is 11.0 Å². The molecular weight excluding hydrogens is 170 g/mol. The zero-order chi connectivity index (χ0) is 9.90. The molecule has 4 nitrogen and oxygen atoms in total. The van der Waals surface area contributed by atoms with Gasteiger partial charge in [0.25, 0.3) is 0 Å². The summed E-state index contributed by atoms with van der Waals surface area (Å²) in [4.78, 5) is 4.37. The molecule has 0 heterocycles. The van der Waals surface area contributed by atoms with E-state index in [1.807, 2.05) is 0 Å². The molecule has 0 spiro atoms. The van der Waals surface area contributed by atoms with E-state index in [2.05, 4.69) is 4.84 Å². The maximum absolute atomic E-state index is 9.79. The van der Waals surface area contributed by atoms with Gasteiger partial charge in [-0.3, -0.25) is 0 Å². The third kappa shape index (κ3) is 2.42. The molecule has 1 rings (SSSR count).